The summed E-state index contributed by atoms with van der Waals surface area (Å²) in [4.78, 5) is 10.3. The van der Waals surface area contributed by atoms with Gasteiger partial charge in [0.25, 0.3) is 0 Å². The molecule has 2 rings (SSSR count). The number of hydrogen-bond donors (Lipinski definition) is 1. The average molecular weight is 277 g/mol. The van der Waals surface area contributed by atoms with Crippen LogP contribution >= 0.6 is 11.3 Å². The van der Waals surface area contributed by atoms with Crippen LogP contribution in [0.25, 0.3) is 0 Å². The third-order valence-corrected chi connectivity index (χ3v) is 2.84. The zero-order valence-corrected chi connectivity index (χ0v) is 10.3. The standard InChI is InChI=1S/C10H7N5O3S/c11-4-6-1-2-8(7(3-6)15(16)17)18-5-9-13-14-10(12)19-9/h1-3H,5H2,(H2,12,14). The van der Waals surface area contributed by atoms with Gasteiger partial charge in [0.15, 0.2) is 10.8 Å². The Morgan fingerprint density at radius 1 is 1.53 bits per heavy atom. The molecule has 2 aromatic rings. The molecule has 1 aromatic carbocycles. The van der Waals surface area contributed by atoms with Crippen molar-refractivity contribution < 1.29 is 9.66 Å². The van der Waals surface area contributed by atoms with Crippen LogP contribution in [0, 0.1) is 21.4 Å². The molecule has 8 nitrogen and oxygen atoms in total. The lowest BCUT2D eigenvalue weighted by Gasteiger charge is -2.04. The van der Waals surface area contributed by atoms with Gasteiger partial charge in [0.05, 0.1) is 16.6 Å². The van der Waals surface area contributed by atoms with Crippen molar-refractivity contribution in [2.24, 2.45) is 0 Å². The van der Waals surface area contributed by atoms with E-state index in [2.05, 4.69) is 10.2 Å². The summed E-state index contributed by atoms with van der Waals surface area (Å²) >= 11 is 1.14. The lowest BCUT2D eigenvalue weighted by atomic mass is 10.2. The molecule has 9 heteroatoms. The SMILES string of the molecule is N#Cc1ccc(OCc2nnc(N)s2)c([N+](=O)[O-])c1. The number of nitro groups is 1. The molecule has 0 fully saturated rings. The maximum Gasteiger partial charge on any atom is 0.312 e. The second-order valence-electron chi connectivity index (χ2n) is 3.37. The number of benzene rings is 1. The average Bonchev–Trinajstić information content (AvgIpc) is 2.82. The van der Waals surface area contributed by atoms with Crippen molar-refractivity contribution in [3.05, 3.63) is 38.9 Å². The number of nitrogens with zero attached hydrogens (tertiary/aromatic N) is 4. The predicted molar refractivity (Wildman–Crippen MR) is 66.5 cm³/mol. The molecular formula is C10H7N5O3S. The molecule has 0 spiro atoms. The van der Waals surface area contributed by atoms with E-state index in [-0.39, 0.29) is 23.6 Å². The Bertz CT molecular complexity index is 663. The Balaban J connectivity index is 2.20. The molecule has 0 amide bonds. The highest BCUT2D eigenvalue weighted by Gasteiger charge is 2.16. The van der Waals surface area contributed by atoms with Crippen molar-refractivity contribution in [2.45, 2.75) is 6.61 Å². The molecule has 2 N–H and O–H groups in total. The van der Waals surface area contributed by atoms with Crippen LogP contribution in [0.1, 0.15) is 10.6 Å². The van der Waals surface area contributed by atoms with Gasteiger partial charge in [-0.05, 0) is 12.1 Å². The molecule has 0 radical (unpaired) electrons. The van der Waals surface area contributed by atoms with Crippen molar-refractivity contribution in [2.75, 3.05) is 5.73 Å². The van der Waals surface area contributed by atoms with Gasteiger partial charge in [-0.3, -0.25) is 10.1 Å². The van der Waals surface area contributed by atoms with Crippen LogP contribution in [0.4, 0.5) is 10.8 Å². The summed E-state index contributed by atoms with van der Waals surface area (Å²) < 4.78 is 5.30. The van der Waals surface area contributed by atoms with Crippen molar-refractivity contribution in [3.63, 3.8) is 0 Å². The predicted octanol–water partition coefficient (Wildman–Crippen LogP) is 1.48. The van der Waals surface area contributed by atoms with E-state index in [0.29, 0.717) is 10.1 Å². The van der Waals surface area contributed by atoms with Crippen LogP contribution in [0.5, 0.6) is 5.75 Å². The first-order chi connectivity index (χ1) is 9.10. The molecule has 1 aromatic heterocycles. The quantitative estimate of drug-likeness (QED) is 0.661. The van der Waals surface area contributed by atoms with Gasteiger partial charge in [-0.15, -0.1) is 10.2 Å². The summed E-state index contributed by atoms with van der Waals surface area (Å²) in [5, 5.41) is 27.7. The first-order valence-corrected chi connectivity index (χ1v) is 5.81. The Hall–Kier alpha value is -2.73. The Labute approximate surface area is 111 Å². The van der Waals surface area contributed by atoms with E-state index in [0.717, 1.165) is 17.4 Å². The third-order valence-electron chi connectivity index (χ3n) is 2.12. The van der Waals surface area contributed by atoms with Gasteiger partial charge in [0.2, 0.25) is 5.13 Å². The van der Waals surface area contributed by atoms with E-state index in [1.54, 1.807) is 0 Å². The summed E-state index contributed by atoms with van der Waals surface area (Å²) in [7, 11) is 0. The van der Waals surface area contributed by atoms with E-state index in [4.69, 9.17) is 15.7 Å². The highest BCUT2D eigenvalue weighted by Crippen LogP contribution is 2.28. The number of anilines is 1. The molecule has 96 valence electrons. The number of aromatic nitrogens is 2. The smallest absolute Gasteiger partial charge is 0.312 e. The van der Waals surface area contributed by atoms with E-state index in [1.807, 2.05) is 6.07 Å². The lowest BCUT2D eigenvalue weighted by Crippen LogP contribution is -1.99. The summed E-state index contributed by atoms with van der Waals surface area (Å²) in [6, 6.07) is 5.80. The fraction of sp³-hybridized carbons (Fsp3) is 0.100. The Morgan fingerprint density at radius 3 is 2.89 bits per heavy atom. The third kappa shape index (κ3) is 2.93. The number of hydrogen-bond acceptors (Lipinski definition) is 8. The van der Waals surface area contributed by atoms with Crippen molar-refractivity contribution in [1.29, 1.82) is 5.26 Å². The zero-order valence-electron chi connectivity index (χ0n) is 9.44. The van der Waals surface area contributed by atoms with Gasteiger partial charge in [-0.1, -0.05) is 11.3 Å². The number of nitrogen functional groups attached to an aromatic ring is 1. The largest absolute Gasteiger partial charge is 0.479 e. The summed E-state index contributed by atoms with van der Waals surface area (Å²) in [6.07, 6.45) is 0. The zero-order chi connectivity index (χ0) is 13.8. The Kier molecular flexibility index (Phi) is 3.53. The monoisotopic (exact) mass is 277 g/mol. The molecule has 19 heavy (non-hydrogen) atoms. The van der Waals surface area contributed by atoms with Crippen molar-refractivity contribution in [1.82, 2.24) is 10.2 Å². The van der Waals surface area contributed by atoms with Crippen LogP contribution in [-0.4, -0.2) is 15.1 Å². The highest BCUT2D eigenvalue weighted by atomic mass is 32.1. The molecule has 0 saturated carbocycles. The fourth-order valence-electron chi connectivity index (χ4n) is 1.32. The van der Waals surface area contributed by atoms with E-state index >= 15 is 0 Å². The molecule has 0 bridgehead atoms. The highest BCUT2D eigenvalue weighted by molar-refractivity contribution is 7.15. The van der Waals surface area contributed by atoms with Crippen LogP contribution in [0.3, 0.4) is 0 Å². The summed E-state index contributed by atoms with van der Waals surface area (Å²) in [5.74, 6) is 0.0674. The van der Waals surface area contributed by atoms with E-state index in [9.17, 15) is 10.1 Å². The summed E-state index contributed by atoms with van der Waals surface area (Å²) in [5.41, 5.74) is 5.34. The summed E-state index contributed by atoms with van der Waals surface area (Å²) in [6.45, 7) is 0.0294. The van der Waals surface area contributed by atoms with Gasteiger partial charge in [0.1, 0.15) is 6.61 Å². The molecule has 0 saturated heterocycles. The first-order valence-electron chi connectivity index (χ1n) is 4.99. The second kappa shape index (κ2) is 5.28. The molecule has 0 atom stereocenters. The van der Waals surface area contributed by atoms with Gasteiger partial charge in [0, 0.05) is 6.07 Å². The molecule has 0 aliphatic carbocycles. The molecule has 0 aliphatic rings. The van der Waals surface area contributed by atoms with Crippen LogP contribution in [0.2, 0.25) is 0 Å². The number of rotatable bonds is 4. The van der Waals surface area contributed by atoms with Gasteiger partial charge >= 0.3 is 5.69 Å². The first kappa shape index (κ1) is 12.7. The molecule has 0 aliphatic heterocycles. The fourth-order valence-corrected chi connectivity index (χ4v) is 1.84. The number of nitrogens with two attached hydrogens (primary N) is 1. The molecule has 0 unspecified atom stereocenters. The molecular weight excluding hydrogens is 270 g/mol. The van der Waals surface area contributed by atoms with E-state index < -0.39 is 4.92 Å². The van der Waals surface area contributed by atoms with Gasteiger partial charge in [-0.2, -0.15) is 5.26 Å². The van der Waals surface area contributed by atoms with E-state index in [1.165, 1.54) is 12.1 Å². The Morgan fingerprint density at radius 2 is 2.32 bits per heavy atom. The van der Waals surface area contributed by atoms with Gasteiger partial charge < -0.3 is 10.5 Å². The normalized spacial score (nSPS) is 9.84. The van der Waals surface area contributed by atoms with Crippen molar-refractivity contribution in [3.8, 4) is 11.8 Å². The van der Waals surface area contributed by atoms with Crippen molar-refractivity contribution >= 4 is 22.2 Å². The maximum atomic E-state index is 10.9. The number of ether oxygens (including phenoxy) is 1. The number of nitro benzene ring substituents is 1. The lowest BCUT2D eigenvalue weighted by molar-refractivity contribution is -0.386. The topological polar surface area (TPSA) is 128 Å². The van der Waals surface area contributed by atoms with Gasteiger partial charge in [-0.25, -0.2) is 0 Å². The second-order valence-corrected chi connectivity index (χ2v) is 4.47. The van der Waals surface area contributed by atoms with Crippen LogP contribution in [0.15, 0.2) is 18.2 Å². The van der Waals surface area contributed by atoms with Crippen LogP contribution in [-0.2, 0) is 6.61 Å². The maximum absolute atomic E-state index is 10.9. The minimum absolute atomic E-state index is 0.0294. The molecule has 1 heterocycles. The number of nitriles is 1. The minimum atomic E-state index is -0.607. The van der Waals surface area contributed by atoms with Crippen LogP contribution < -0.4 is 10.5 Å². The minimum Gasteiger partial charge on any atom is -0.479 e.